The molecule has 1 saturated carbocycles. The number of likely N-dealkylation sites (tertiary alicyclic amines) is 1. The molecular weight excluding hydrogens is 210 g/mol. The summed E-state index contributed by atoms with van der Waals surface area (Å²) >= 11 is 0. The van der Waals surface area contributed by atoms with Crippen molar-refractivity contribution in [1.82, 2.24) is 4.90 Å². The van der Waals surface area contributed by atoms with Gasteiger partial charge in [-0.05, 0) is 30.8 Å². The second-order valence-electron chi connectivity index (χ2n) is 5.71. The average molecular weight is 231 g/mol. The van der Waals surface area contributed by atoms with Crippen LogP contribution in [-0.2, 0) is 4.79 Å². The zero-order valence-electron chi connectivity index (χ0n) is 11.0. The zero-order chi connectivity index (χ0) is 12.2. The molecule has 0 N–H and O–H groups in total. The van der Waals surface area contributed by atoms with Crippen molar-refractivity contribution in [1.29, 1.82) is 0 Å². The molecule has 0 amide bonds. The topological polar surface area (TPSA) is 20.3 Å². The minimum atomic E-state index is 0.274. The van der Waals surface area contributed by atoms with Gasteiger partial charge in [-0.25, -0.2) is 0 Å². The molecule has 2 unspecified atom stereocenters. The predicted molar refractivity (Wildman–Crippen MR) is 68.5 cm³/mol. The Morgan fingerprint density at radius 2 is 2.24 bits per heavy atom. The molecule has 92 valence electrons. The van der Waals surface area contributed by atoms with Crippen molar-refractivity contribution in [3.63, 3.8) is 0 Å². The van der Waals surface area contributed by atoms with E-state index in [0.717, 1.165) is 37.3 Å². The highest BCUT2D eigenvalue weighted by molar-refractivity contribution is 6.07. The van der Waals surface area contributed by atoms with E-state index in [-0.39, 0.29) is 5.78 Å². The normalized spacial score (nSPS) is 34.8. The van der Waals surface area contributed by atoms with Gasteiger partial charge in [-0.1, -0.05) is 25.8 Å². The van der Waals surface area contributed by atoms with Crippen LogP contribution in [0.15, 0.2) is 22.9 Å². The van der Waals surface area contributed by atoms with Crippen molar-refractivity contribution in [3.05, 3.63) is 22.9 Å². The molecule has 2 atom stereocenters. The molecule has 2 fully saturated rings. The Hall–Kier alpha value is -1.05. The van der Waals surface area contributed by atoms with Gasteiger partial charge in [0.1, 0.15) is 0 Å². The maximum absolute atomic E-state index is 12.2. The summed E-state index contributed by atoms with van der Waals surface area (Å²) in [6.45, 7) is 5.48. The Balaban J connectivity index is 2.10. The zero-order valence-corrected chi connectivity index (χ0v) is 11.0. The summed E-state index contributed by atoms with van der Waals surface area (Å²) < 4.78 is 0. The van der Waals surface area contributed by atoms with E-state index in [1.165, 1.54) is 17.7 Å². The number of rotatable bonds is 3. The summed E-state index contributed by atoms with van der Waals surface area (Å²) in [5.41, 5.74) is 4.21. The minimum Gasteiger partial charge on any atom is -0.377 e. The van der Waals surface area contributed by atoms with Gasteiger partial charge in [-0.3, -0.25) is 4.79 Å². The number of carbonyl (C=O) groups is 1. The maximum atomic E-state index is 12.2. The first kappa shape index (κ1) is 11.1. The predicted octanol–water partition coefficient (Wildman–Crippen LogP) is 2.91. The molecule has 1 spiro atoms. The lowest BCUT2D eigenvalue weighted by atomic mass is 9.78. The van der Waals surface area contributed by atoms with E-state index in [9.17, 15) is 4.79 Å². The van der Waals surface area contributed by atoms with Gasteiger partial charge < -0.3 is 4.90 Å². The highest BCUT2D eigenvalue weighted by atomic mass is 16.1. The van der Waals surface area contributed by atoms with Crippen LogP contribution in [0.3, 0.4) is 0 Å². The van der Waals surface area contributed by atoms with Crippen LogP contribution in [0.2, 0.25) is 0 Å². The van der Waals surface area contributed by atoms with E-state index in [1.54, 1.807) is 0 Å². The van der Waals surface area contributed by atoms with Crippen molar-refractivity contribution in [2.24, 2.45) is 11.3 Å². The van der Waals surface area contributed by atoms with E-state index in [2.05, 4.69) is 25.8 Å². The lowest BCUT2D eigenvalue weighted by molar-refractivity contribution is -0.111. The van der Waals surface area contributed by atoms with Gasteiger partial charge in [0.25, 0.3) is 0 Å². The smallest absolute Gasteiger partial charge is 0.183 e. The molecule has 0 aromatic heterocycles. The molecule has 0 bridgehead atoms. The fraction of sp³-hybridized carbons (Fsp3) is 0.667. The Kier molecular flexibility index (Phi) is 2.26. The standard InChI is InChI=1S/C15H21NO/c1-4-6-12-11(5-2)13(17)7-14-15(12)8-10(15)9-16(14)3/h7,10H,4-6,8-9H2,1-3H3. The number of piperidine rings is 1. The third-order valence-electron chi connectivity index (χ3n) is 4.79. The summed E-state index contributed by atoms with van der Waals surface area (Å²) in [6.07, 6.45) is 6.37. The van der Waals surface area contributed by atoms with Crippen molar-refractivity contribution in [2.75, 3.05) is 13.6 Å². The first-order valence-electron chi connectivity index (χ1n) is 6.85. The molecule has 0 radical (unpaired) electrons. The molecule has 2 nitrogen and oxygen atoms in total. The van der Waals surface area contributed by atoms with Crippen LogP contribution in [0.25, 0.3) is 0 Å². The first-order chi connectivity index (χ1) is 8.15. The molecule has 0 aromatic rings. The number of carbonyl (C=O) groups excluding carboxylic acids is 1. The maximum Gasteiger partial charge on any atom is 0.183 e. The highest BCUT2D eigenvalue weighted by Gasteiger charge is 2.65. The van der Waals surface area contributed by atoms with Crippen molar-refractivity contribution in [3.8, 4) is 0 Å². The molecule has 1 heterocycles. The molecule has 1 saturated heterocycles. The molecule has 3 rings (SSSR count). The van der Waals surface area contributed by atoms with Gasteiger partial charge in [-0.2, -0.15) is 0 Å². The van der Waals surface area contributed by atoms with Crippen molar-refractivity contribution < 1.29 is 4.79 Å². The highest BCUT2D eigenvalue weighted by Crippen LogP contribution is 2.69. The van der Waals surface area contributed by atoms with Gasteiger partial charge in [0, 0.05) is 30.8 Å². The number of nitrogens with zero attached hydrogens (tertiary/aromatic N) is 1. The number of hydrogen-bond acceptors (Lipinski definition) is 2. The molecular formula is C15H21NO. The van der Waals surface area contributed by atoms with Crippen molar-refractivity contribution >= 4 is 5.78 Å². The summed E-state index contributed by atoms with van der Waals surface area (Å²) in [7, 11) is 2.13. The number of ketones is 1. The van der Waals surface area contributed by atoms with Gasteiger partial charge in [0.2, 0.25) is 0 Å². The van der Waals surface area contributed by atoms with Crippen LogP contribution in [0.1, 0.15) is 39.5 Å². The van der Waals surface area contributed by atoms with E-state index >= 15 is 0 Å². The van der Waals surface area contributed by atoms with Gasteiger partial charge in [0.05, 0.1) is 0 Å². The summed E-state index contributed by atoms with van der Waals surface area (Å²) in [5.74, 6) is 1.06. The van der Waals surface area contributed by atoms with E-state index in [0.29, 0.717) is 5.41 Å². The molecule has 1 aliphatic heterocycles. The Morgan fingerprint density at radius 3 is 2.88 bits per heavy atom. The van der Waals surface area contributed by atoms with Crippen LogP contribution in [-0.4, -0.2) is 24.3 Å². The third kappa shape index (κ3) is 1.24. The van der Waals surface area contributed by atoms with Crippen LogP contribution in [0, 0.1) is 11.3 Å². The molecule has 3 aliphatic rings. The second kappa shape index (κ2) is 3.47. The number of hydrogen-bond donors (Lipinski definition) is 0. The molecule has 0 aromatic carbocycles. The van der Waals surface area contributed by atoms with E-state index < -0.39 is 0 Å². The third-order valence-corrected chi connectivity index (χ3v) is 4.79. The van der Waals surface area contributed by atoms with E-state index in [4.69, 9.17) is 0 Å². The fourth-order valence-electron chi connectivity index (χ4n) is 4.04. The van der Waals surface area contributed by atoms with Gasteiger partial charge in [-0.15, -0.1) is 0 Å². The SMILES string of the molecule is CCCC1=C(CC)C(=O)C=C2N(C)CC3CC213. The minimum absolute atomic E-state index is 0.274. The monoisotopic (exact) mass is 231 g/mol. The lowest BCUT2D eigenvalue weighted by Gasteiger charge is -2.30. The van der Waals surface area contributed by atoms with E-state index in [1.807, 2.05) is 6.08 Å². The summed E-state index contributed by atoms with van der Waals surface area (Å²) in [4.78, 5) is 14.5. The quantitative estimate of drug-likeness (QED) is 0.744. The van der Waals surface area contributed by atoms with Crippen LogP contribution < -0.4 is 0 Å². The van der Waals surface area contributed by atoms with Gasteiger partial charge >= 0.3 is 0 Å². The fourth-order valence-corrected chi connectivity index (χ4v) is 4.04. The average Bonchev–Trinajstić information content (AvgIpc) is 2.92. The Bertz CT molecular complexity index is 446. The lowest BCUT2D eigenvalue weighted by Crippen LogP contribution is -2.25. The summed E-state index contributed by atoms with van der Waals surface area (Å²) in [5, 5.41) is 0. The summed E-state index contributed by atoms with van der Waals surface area (Å²) in [6, 6.07) is 0. The van der Waals surface area contributed by atoms with Crippen molar-refractivity contribution in [2.45, 2.75) is 39.5 Å². The largest absolute Gasteiger partial charge is 0.377 e. The second-order valence-corrected chi connectivity index (χ2v) is 5.71. The Morgan fingerprint density at radius 1 is 1.47 bits per heavy atom. The molecule has 17 heavy (non-hydrogen) atoms. The van der Waals surface area contributed by atoms with Gasteiger partial charge in [0.15, 0.2) is 5.78 Å². The first-order valence-corrected chi connectivity index (χ1v) is 6.85. The van der Waals surface area contributed by atoms with Crippen LogP contribution in [0.5, 0.6) is 0 Å². The van der Waals surface area contributed by atoms with Crippen LogP contribution in [0.4, 0.5) is 0 Å². The molecule has 2 aliphatic carbocycles. The Labute approximate surface area is 103 Å². The van der Waals surface area contributed by atoms with Crippen LogP contribution >= 0.6 is 0 Å². The molecule has 2 heteroatoms. The number of allylic oxidation sites excluding steroid dienone is 3.